The molecular formula is C22H38N6O2. The maximum Gasteiger partial charge on any atom is 0.228 e. The van der Waals surface area contributed by atoms with Crippen molar-refractivity contribution in [1.82, 2.24) is 29.9 Å². The summed E-state index contributed by atoms with van der Waals surface area (Å²) in [5, 5.41) is 11.5. The van der Waals surface area contributed by atoms with Crippen molar-refractivity contribution in [2.24, 2.45) is 11.3 Å². The molecule has 4 rings (SSSR count). The van der Waals surface area contributed by atoms with Gasteiger partial charge in [-0.2, -0.15) is 0 Å². The van der Waals surface area contributed by atoms with Gasteiger partial charge in [0.25, 0.3) is 0 Å². The fourth-order valence-corrected chi connectivity index (χ4v) is 5.79. The molecule has 30 heavy (non-hydrogen) atoms. The monoisotopic (exact) mass is 418 g/mol. The Labute approximate surface area is 180 Å². The highest BCUT2D eigenvalue weighted by Crippen LogP contribution is 2.47. The number of ether oxygens (including phenoxy) is 1. The Bertz CT molecular complexity index is 716. The standard InChI is InChI=1S/C22H38N6O2/c1-4-26-8-6-18-13-19(27-9-11-30-12-10-27)5-7-22(18,15-26)21(29)23-14-20-25-24-16-28(20)17(2)3/h16-19H,4-15H2,1-3H3,(H,23,29)/t18-,19+,22-/m1/s1. The molecule has 168 valence electrons. The molecular weight excluding hydrogens is 380 g/mol. The van der Waals surface area contributed by atoms with Crippen molar-refractivity contribution in [3.8, 4) is 0 Å². The molecule has 0 unspecified atom stereocenters. The van der Waals surface area contributed by atoms with Gasteiger partial charge in [-0.15, -0.1) is 10.2 Å². The smallest absolute Gasteiger partial charge is 0.228 e. The maximum atomic E-state index is 13.6. The van der Waals surface area contributed by atoms with Crippen molar-refractivity contribution in [3.63, 3.8) is 0 Å². The van der Waals surface area contributed by atoms with Gasteiger partial charge in [0.1, 0.15) is 6.33 Å². The fraction of sp³-hybridized carbons (Fsp3) is 0.864. The lowest BCUT2D eigenvalue weighted by Crippen LogP contribution is -2.60. The molecule has 3 atom stereocenters. The minimum absolute atomic E-state index is 0.212. The van der Waals surface area contributed by atoms with E-state index in [-0.39, 0.29) is 17.4 Å². The lowest BCUT2D eigenvalue weighted by atomic mass is 9.61. The van der Waals surface area contributed by atoms with Gasteiger partial charge in [-0.25, -0.2) is 0 Å². The van der Waals surface area contributed by atoms with Crippen LogP contribution in [0, 0.1) is 11.3 Å². The molecule has 1 aliphatic carbocycles. The van der Waals surface area contributed by atoms with Gasteiger partial charge in [0, 0.05) is 31.7 Å². The van der Waals surface area contributed by atoms with Crippen molar-refractivity contribution < 1.29 is 9.53 Å². The molecule has 8 heteroatoms. The molecule has 2 aliphatic heterocycles. The van der Waals surface area contributed by atoms with Crippen LogP contribution < -0.4 is 5.32 Å². The SMILES string of the molecule is CCN1CC[C@@H]2C[C@@H](N3CCOCC3)CC[C@@]2(C(=O)NCc2nncn2C(C)C)C1. The van der Waals surface area contributed by atoms with Gasteiger partial charge in [-0.1, -0.05) is 6.92 Å². The van der Waals surface area contributed by atoms with Crippen molar-refractivity contribution in [2.75, 3.05) is 45.9 Å². The van der Waals surface area contributed by atoms with Crippen LogP contribution in [0.3, 0.4) is 0 Å². The highest BCUT2D eigenvalue weighted by molar-refractivity contribution is 5.83. The summed E-state index contributed by atoms with van der Waals surface area (Å²) < 4.78 is 7.58. The topological polar surface area (TPSA) is 75.5 Å². The molecule has 3 fully saturated rings. The molecule has 0 aromatic carbocycles. The lowest BCUT2D eigenvalue weighted by molar-refractivity contribution is -0.145. The van der Waals surface area contributed by atoms with Crippen LogP contribution in [0.5, 0.6) is 0 Å². The van der Waals surface area contributed by atoms with Crippen molar-refractivity contribution >= 4 is 5.91 Å². The van der Waals surface area contributed by atoms with Gasteiger partial charge in [-0.05, 0) is 58.5 Å². The molecule has 1 amide bonds. The fourth-order valence-electron chi connectivity index (χ4n) is 5.79. The first kappa shape index (κ1) is 21.7. The third-order valence-corrected chi connectivity index (χ3v) is 7.63. The summed E-state index contributed by atoms with van der Waals surface area (Å²) in [6.07, 6.45) is 6.07. The number of carbonyl (C=O) groups excluding carboxylic acids is 1. The maximum absolute atomic E-state index is 13.6. The zero-order valence-electron chi connectivity index (χ0n) is 18.8. The Morgan fingerprint density at radius 2 is 2.10 bits per heavy atom. The molecule has 3 aliphatic rings. The number of rotatable bonds is 6. The van der Waals surface area contributed by atoms with E-state index in [1.165, 1.54) is 0 Å². The van der Waals surface area contributed by atoms with Crippen LogP contribution in [0.1, 0.15) is 58.3 Å². The predicted molar refractivity (Wildman–Crippen MR) is 115 cm³/mol. The van der Waals surface area contributed by atoms with Crippen molar-refractivity contribution in [2.45, 2.75) is 65.1 Å². The molecule has 0 spiro atoms. The molecule has 2 saturated heterocycles. The van der Waals surface area contributed by atoms with Crippen LogP contribution in [-0.4, -0.2) is 82.5 Å². The summed E-state index contributed by atoms with van der Waals surface area (Å²) in [6, 6.07) is 0.879. The summed E-state index contributed by atoms with van der Waals surface area (Å²) in [4.78, 5) is 18.7. The van der Waals surface area contributed by atoms with Crippen molar-refractivity contribution in [3.05, 3.63) is 12.2 Å². The van der Waals surface area contributed by atoms with Crippen LogP contribution in [0.25, 0.3) is 0 Å². The van der Waals surface area contributed by atoms with Gasteiger partial charge in [-0.3, -0.25) is 9.69 Å². The second kappa shape index (κ2) is 9.32. The molecule has 0 radical (unpaired) electrons. The van der Waals surface area contributed by atoms with Crippen LogP contribution in [0.4, 0.5) is 0 Å². The van der Waals surface area contributed by atoms with E-state index in [9.17, 15) is 4.79 Å². The first-order valence-corrected chi connectivity index (χ1v) is 11.7. The van der Waals surface area contributed by atoms with Gasteiger partial charge in [0.2, 0.25) is 5.91 Å². The Morgan fingerprint density at radius 1 is 1.30 bits per heavy atom. The number of nitrogens with one attached hydrogen (secondary N) is 1. The Kier molecular flexibility index (Phi) is 6.75. The molecule has 1 aromatic heterocycles. The van der Waals surface area contributed by atoms with Crippen molar-refractivity contribution in [1.29, 1.82) is 0 Å². The molecule has 1 N–H and O–H groups in total. The van der Waals surface area contributed by atoms with Gasteiger partial charge in [0.15, 0.2) is 5.82 Å². The Balaban J connectivity index is 1.47. The van der Waals surface area contributed by atoms with E-state index < -0.39 is 0 Å². The van der Waals surface area contributed by atoms with Crippen LogP contribution in [0.2, 0.25) is 0 Å². The van der Waals surface area contributed by atoms with Gasteiger partial charge in [0.05, 0.1) is 25.2 Å². The third-order valence-electron chi connectivity index (χ3n) is 7.63. The van der Waals surface area contributed by atoms with E-state index in [4.69, 9.17) is 4.74 Å². The number of likely N-dealkylation sites (tertiary alicyclic amines) is 1. The third kappa shape index (κ3) is 4.27. The first-order valence-electron chi connectivity index (χ1n) is 11.7. The summed E-state index contributed by atoms with van der Waals surface area (Å²) in [5.74, 6) is 1.49. The van der Waals surface area contributed by atoms with Crippen LogP contribution >= 0.6 is 0 Å². The van der Waals surface area contributed by atoms with E-state index in [0.29, 0.717) is 18.5 Å². The minimum atomic E-state index is -0.278. The quantitative estimate of drug-likeness (QED) is 0.758. The molecule has 8 nitrogen and oxygen atoms in total. The van der Waals surface area contributed by atoms with Gasteiger partial charge >= 0.3 is 0 Å². The summed E-state index contributed by atoms with van der Waals surface area (Å²) >= 11 is 0. The number of amides is 1. The molecule has 3 heterocycles. The average Bonchev–Trinajstić information content (AvgIpc) is 3.26. The molecule has 0 bridgehead atoms. The summed E-state index contributed by atoms with van der Waals surface area (Å²) in [6.45, 7) is 13.6. The van der Waals surface area contributed by atoms with Gasteiger partial charge < -0.3 is 19.5 Å². The van der Waals surface area contributed by atoms with Crippen LogP contribution in [0.15, 0.2) is 6.33 Å². The summed E-state index contributed by atoms with van der Waals surface area (Å²) in [7, 11) is 0. The molecule has 1 aromatic rings. The Morgan fingerprint density at radius 3 is 2.83 bits per heavy atom. The highest BCUT2D eigenvalue weighted by atomic mass is 16.5. The number of hydrogen-bond acceptors (Lipinski definition) is 6. The summed E-state index contributed by atoms with van der Waals surface area (Å²) in [5.41, 5.74) is -0.278. The number of carbonyl (C=O) groups is 1. The number of hydrogen-bond donors (Lipinski definition) is 1. The van der Waals surface area contributed by atoms with E-state index in [0.717, 1.165) is 77.4 Å². The minimum Gasteiger partial charge on any atom is -0.379 e. The van der Waals surface area contributed by atoms with E-state index in [1.807, 2.05) is 4.57 Å². The largest absolute Gasteiger partial charge is 0.379 e. The van der Waals surface area contributed by atoms with E-state index in [2.05, 4.69) is 46.1 Å². The Hall–Kier alpha value is -1.51. The van der Waals surface area contributed by atoms with Crippen LogP contribution in [-0.2, 0) is 16.1 Å². The highest BCUT2D eigenvalue weighted by Gasteiger charge is 2.52. The average molecular weight is 419 g/mol. The predicted octanol–water partition coefficient (Wildman–Crippen LogP) is 1.69. The number of nitrogens with zero attached hydrogens (tertiary/aromatic N) is 5. The number of fused-ring (bicyclic) bond motifs is 1. The molecule has 1 saturated carbocycles. The number of aromatic nitrogens is 3. The zero-order chi connectivity index (χ0) is 21.1. The lowest BCUT2D eigenvalue weighted by Gasteiger charge is -2.53. The normalized spacial score (nSPS) is 30.9. The number of piperidine rings is 1. The number of morpholine rings is 1. The second-order valence-corrected chi connectivity index (χ2v) is 9.52. The van der Waals surface area contributed by atoms with E-state index >= 15 is 0 Å². The zero-order valence-corrected chi connectivity index (χ0v) is 18.8. The first-order chi connectivity index (χ1) is 14.5. The second-order valence-electron chi connectivity index (χ2n) is 9.52. The van der Waals surface area contributed by atoms with E-state index in [1.54, 1.807) is 6.33 Å².